The molecule has 1 rings (SSSR count). The van der Waals surface area contributed by atoms with Crippen molar-refractivity contribution < 1.29 is 17.6 Å². The van der Waals surface area contributed by atoms with Crippen LogP contribution in [0.15, 0.2) is 10.6 Å². The smallest absolute Gasteiger partial charge is 0.210 e. The van der Waals surface area contributed by atoms with Crippen LogP contribution in [0.4, 0.5) is 0 Å². The molecular weight excluding hydrogens is 182 g/mol. The Morgan fingerprint density at radius 3 is 2.75 bits per heavy atom. The number of sulfone groups is 1. The molecule has 0 amide bonds. The molecular formula is C6H7NO4S. The summed E-state index contributed by atoms with van der Waals surface area (Å²) >= 11 is 0. The van der Waals surface area contributed by atoms with E-state index in [9.17, 15) is 13.2 Å². The van der Waals surface area contributed by atoms with Crippen LogP contribution in [0.3, 0.4) is 0 Å². The summed E-state index contributed by atoms with van der Waals surface area (Å²) in [6.45, 7) is 0. The molecule has 1 heterocycles. The highest BCUT2D eigenvalue weighted by atomic mass is 32.2. The maximum atomic E-state index is 10.7. The van der Waals surface area contributed by atoms with Crippen molar-refractivity contribution in [3.8, 4) is 0 Å². The molecule has 12 heavy (non-hydrogen) atoms. The quantitative estimate of drug-likeness (QED) is 0.627. The second-order valence-electron chi connectivity index (χ2n) is 2.34. The van der Waals surface area contributed by atoms with E-state index in [1.165, 1.54) is 6.20 Å². The minimum atomic E-state index is -3.14. The van der Waals surface area contributed by atoms with Gasteiger partial charge in [0.15, 0.2) is 21.9 Å². The van der Waals surface area contributed by atoms with Gasteiger partial charge in [-0.1, -0.05) is 0 Å². The zero-order valence-electron chi connectivity index (χ0n) is 6.35. The maximum Gasteiger partial charge on any atom is 0.210 e. The van der Waals surface area contributed by atoms with E-state index in [1.54, 1.807) is 0 Å². The lowest BCUT2D eigenvalue weighted by molar-refractivity contribution is 0.109. The molecule has 0 saturated heterocycles. The topological polar surface area (TPSA) is 77.2 Å². The Hall–Kier alpha value is -1.17. The number of aldehydes is 1. The molecule has 0 N–H and O–H groups in total. The molecule has 0 saturated carbocycles. The monoisotopic (exact) mass is 189 g/mol. The summed E-state index contributed by atoms with van der Waals surface area (Å²) < 4.78 is 26.2. The zero-order valence-corrected chi connectivity index (χ0v) is 7.17. The normalized spacial score (nSPS) is 11.4. The largest absolute Gasteiger partial charge is 0.437 e. The van der Waals surface area contributed by atoms with E-state index in [1.807, 2.05) is 0 Å². The fourth-order valence-electron chi connectivity index (χ4n) is 0.670. The summed E-state index contributed by atoms with van der Waals surface area (Å²) in [5, 5.41) is 0. The van der Waals surface area contributed by atoms with E-state index >= 15 is 0 Å². The first-order chi connectivity index (χ1) is 5.51. The molecule has 66 valence electrons. The molecule has 5 nitrogen and oxygen atoms in total. The van der Waals surface area contributed by atoms with Crippen LogP contribution in [0.1, 0.15) is 16.4 Å². The van der Waals surface area contributed by atoms with Crippen LogP contribution in [0, 0.1) is 0 Å². The van der Waals surface area contributed by atoms with Crippen molar-refractivity contribution in [2.24, 2.45) is 0 Å². The average Bonchev–Trinajstić information content (AvgIpc) is 2.32. The van der Waals surface area contributed by atoms with Gasteiger partial charge in [0, 0.05) is 6.26 Å². The molecule has 1 aromatic rings. The second kappa shape index (κ2) is 3.06. The van der Waals surface area contributed by atoms with Gasteiger partial charge >= 0.3 is 0 Å². The van der Waals surface area contributed by atoms with Crippen molar-refractivity contribution in [3.63, 3.8) is 0 Å². The number of nitrogens with zero attached hydrogens (tertiary/aromatic N) is 1. The van der Waals surface area contributed by atoms with E-state index in [0.717, 1.165) is 6.26 Å². The fourth-order valence-corrected chi connectivity index (χ4v) is 1.25. The first-order valence-electron chi connectivity index (χ1n) is 3.09. The van der Waals surface area contributed by atoms with E-state index in [4.69, 9.17) is 4.42 Å². The lowest BCUT2D eigenvalue weighted by atomic mass is 10.6. The van der Waals surface area contributed by atoms with Gasteiger partial charge in [-0.25, -0.2) is 13.4 Å². The Morgan fingerprint density at radius 1 is 1.67 bits per heavy atom. The molecule has 0 radical (unpaired) electrons. The Labute approximate surface area is 69.3 Å². The van der Waals surface area contributed by atoms with Crippen LogP contribution < -0.4 is 0 Å². The van der Waals surface area contributed by atoms with Crippen LogP contribution in [0.2, 0.25) is 0 Å². The molecule has 1 aromatic heterocycles. The highest BCUT2D eigenvalue weighted by molar-refractivity contribution is 7.89. The molecule has 0 aliphatic heterocycles. The molecule has 0 atom stereocenters. The Kier molecular flexibility index (Phi) is 2.27. The van der Waals surface area contributed by atoms with Crippen molar-refractivity contribution >= 4 is 16.1 Å². The van der Waals surface area contributed by atoms with Gasteiger partial charge < -0.3 is 4.42 Å². The molecule has 0 unspecified atom stereocenters. The van der Waals surface area contributed by atoms with Crippen LogP contribution in [-0.2, 0) is 15.6 Å². The number of hydrogen-bond acceptors (Lipinski definition) is 5. The summed E-state index contributed by atoms with van der Waals surface area (Å²) in [5.41, 5.74) is 0. The first kappa shape index (κ1) is 8.92. The Balaban J connectivity index is 2.84. The van der Waals surface area contributed by atoms with Crippen molar-refractivity contribution in [1.82, 2.24) is 4.98 Å². The molecule has 0 bridgehead atoms. The summed E-state index contributed by atoms with van der Waals surface area (Å²) in [5.74, 6) is -0.200. The molecule has 6 heteroatoms. The number of hydrogen-bond donors (Lipinski definition) is 0. The van der Waals surface area contributed by atoms with Gasteiger partial charge in [0.1, 0.15) is 5.75 Å². The first-order valence-corrected chi connectivity index (χ1v) is 5.15. The number of oxazole rings is 1. The van der Waals surface area contributed by atoms with E-state index in [-0.39, 0.29) is 17.4 Å². The summed E-state index contributed by atoms with van der Waals surface area (Å²) in [7, 11) is -3.14. The van der Waals surface area contributed by atoms with Crippen molar-refractivity contribution in [2.45, 2.75) is 5.75 Å². The highest BCUT2D eigenvalue weighted by Crippen LogP contribution is 2.04. The number of aromatic nitrogens is 1. The minimum absolute atomic E-state index is 0.0358. The standard InChI is InChI=1S/C6H7NO4S/c1-12(9,10)4-6-7-2-5(3-8)11-6/h2-3H,4H2,1H3. The van der Waals surface area contributed by atoms with E-state index in [2.05, 4.69) is 4.98 Å². The van der Waals surface area contributed by atoms with Gasteiger partial charge in [-0.15, -0.1) is 0 Å². The number of rotatable bonds is 3. The van der Waals surface area contributed by atoms with Gasteiger partial charge in [-0.2, -0.15) is 0 Å². The van der Waals surface area contributed by atoms with Crippen molar-refractivity contribution in [3.05, 3.63) is 17.8 Å². The molecule has 0 aromatic carbocycles. The SMILES string of the molecule is CS(=O)(=O)Cc1ncc(C=O)o1. The maximum absolute atomic E-state index is 10.7. The Morgan fingerprint density at radius 2 is 2.33 bits per heavy atom. The van der Waals surface area contributed by atoms with Crippen LogP contribution in [0.5, 0.6) is 0 Å². The highest BCUT2D eigenvalue weighted by Gasteiger charge is 2.09. The van der Waals surface area contributed by atoms with Gasteiger partial charge in [0.05, 0.1) is 6.20 Å². The lowest BCUT2D eigenvalue weighted by Crippen LogP contribution is -2.00. The summed E-state index contributed by atoms with van der Waals surface area (Å²) in [6.07, 6.45) is 2.73. The van der Waals surface area contributed by atoms with Gasteiger partial charge in [-0.3, -0.25) is 4.79 Å². The predicted molar refractivity (Wildman–Crippen MR) is 40.4 cm³/mol. The third kappa shape index (κ3) is 2.46. The number of carbonyl (C=O) groups is 1. The molecule has 0 fully saturated rings. The summed E-state index contributed by atoms with van der Waals surface area (Å²) in [6, 6.07) is 0. The van der Waals surface area contributed by atoms with Crippen LogP contribution in [0.25, 0.3) is 0 Å². The Bertz CT molecular complexity index is 378. The van der Waals surface area contributed by atoms with E-state index < -0.39 is 9.84 Å². The van der Waals surface area contributed by atoms with Gasteiger partial charge in [0.2, 0.25) is 5.89 Å². The number of carbonyl (C=O) groups excluding carboxylic acids is 1. The zero-order chi connectivity index (χ0) is 9.19. The summed E-state index contributed by atoms with van der Waals surface area (Å²) in [4.78, 5) is 13.7. The van der Waals surface area contributed by atoms with Gasteiger partial charge in [0.25, 0.3) is 0 Å². The van der Waals surface area contributed by atoms with Crippen LogP contribution >= 0.6 is 0 Å². The third-order valence-electron chi connectivity index (χ3n) is 1.07. The van der Waals surface area contributed by atoms with Crippen molar-refractivity contribution in [1.29, 1.82) is 0 Å². The molecule has 0 aliphatic rings. The minimum Gasteiger partial charge on any atom is -0.437 e. The van der Waals surface area contributed by atoms with Crippen molar-refractivity contribution in [2.75, 3.05) is 6.26 Å². The third-order valence-corrected chi connectivity index (χ3v) is 1.84. The van der Waals surface area contributed by atoms with Gasteiger partial charge in [-0.05, 0) is 0 Å². The second-order valence-corrected chi connectivity index (χ2v) is 4.48. The van der Waals surface area contributed by atoms with Crippen LogP contribution in [-0.4, -0.2) is 25.9 Å². The predicted octanol–water partition coefficient (Wildman–Crippen LogP) is 0.0317. The molecule has 0 aliphatic carbocycles. The fraction of sp³-hybridized carbons (Fsp3) is 0.333. The lowest BCUT2D eigenvalue weighted by Gasteiger charge is -1.89. The van der Waals surface area contributed by atoms with E-state index in [0.29, 0.717) is 6.29 Å². The molecule has 0 spiro atoms. The average molecular weight is 189 g/mol.